The van der Waals surface area contributed by atoms with E-state index in [9.17, 15) is 4.79 Å². The summed E-state index contributed by atoms with van der Waals surface area (Å²) in [7, 11) is 0. The lowest BCUT2D eigenvalue weighted by atomic mass is 10.1. The molecule has 4 atom stereocenters. The molecule has 1 unspecified atom stereocenters. The molecule has 0 bridgehead atoms. The highest BCUT2D eigenvalue weighted by atomic mass is 17.2. The summed E-state index contributed by atoms with van der Waals surface area (Å²) in [6, 6.07) is 16.1. The summed E-state index contributed by atoms with van der Waals surface area (Å²) >= 11 is 0. The van der Waals surface area contributed by atoms with Crippen molar-refractivity contribution in [1.82, 2.24) is 0 Å². The monoisotopic (exact) mass is 436 g/mol. The quantitative estimate of drug-likeness (QED) is 0.205. The molecule has 0 aliphatic carbocycles. The maximum atomic E-state index is 12.2. The van der Waals surface area contributed by atoms with Gasteiger partial charge in [-0.25, -0.2) is 14.6 Å². The van der Waals surface area contributed by atoms with Crippen molar-refractivity contribution in [2.24, 2.45) is 0 Å². The van der Waals surface area contributed by atoms with Crippen molar-refractivity contribution < 1.29 is 28.8 Å². The summed E-state index contributed by atoms with van der Waals surface area (Å²) in [4.78, 5) is 23.0. The Labute approximate surface area is 188 Å². The van der Waals surface area contributed by atoms with Gasteiger partial charge in [-0.15, -0.1) is 0 Å². The fourth-order valence-corrected chi connectivity index (χ4v) is 3.67. The zero-order valence-electron chi connectivity index (χ0n) is 18.3. The lowest BCUT2D eigenvalue weighted by molar-refractivity contribution is -0.326. The molecule has 2 saturated heterocycles. The molecule has 0 spiro atoms. The van der Waals surface area contributed by atoms with E-state index in [-0.39, 0.29) is 24.9 Å². The number of hydrogen-bond acceptors (Lipinski definition) is 6. The molecule has 2 aliphatic rings. The Morgan fingerprint density at radius 3 is 2.09 bits per heavy atom. The Kier molecular flexibility index (Phi) is 7.50. The SMILES string of the molecule is Cc1ccc(C=CC(=O)OC2CO[C@@H]3[C@@H](OOC/C=C/c4ccc(C)cc4)CO[C@H]23)cc1. The topological polar surface area (TPSA) is 63.2 Å². The van der Waals surface area contributed by atoms with Gasteiger partial charge in [-0.3, -0.25) is 0 Å². The molecule has 4 rings (SSSR count). The number of aryl methyl sites for hydroxylation is 2. The van der Waals surface area contributed by atoms with Crippen molar-refractivity contribution in [2.45, 2.75) is 38.3 Å². The Morgan fingerprint density at radius 1 is 0.875 bits per heavy atom. The smallest absolute Gasteiger partial charge is 0.331 e. The Balaban J connectivity index is 1.19. The van der Waals surface area contributed by atoms with Crippen molar-refractivity contribution >= 4 is 18.1 Å². The van der Waals surface area contributed by atoms with Crippen molar-refractivity contribution in [3.05, 3.63) is 82.9 Å². The van der Waals surface area contributed by atoms with E-state index in [0.717, 1.165) is 11.1 Å². The van der Waals surface area contributed by atoms with Crippen LogP contribution in [0.1, 0.15) is 22.3 Å². The third-order valence-corrected chi connectivity index (χ3v) is 5.46. The second kappa shape index (κ2) is 10.7. The van der Waals surface area contributed by atoms with Gasteiger partial charge in [0.1, 0.15) is 24.9 Å². The second-order valence-corrected chi connectivity index (χ2v) is 8.05. The molecule has 0 amide bonds. The van der Waals surface area contributed by atoms with Gasteiger partial charge in [0.15, 0.2) is 6.10 Å². The molecule has 2 aromatic rings. The molecule has 0 radical (unpaired) electrons. The summed E-state index contributed by atoms with van der Waals surface area (Å²) in [5.74, 6) is -0.426. The molecule has 2 aliphatic heterocycles. The van der Waals surface area contributed by atoms with Gasteiger partial charge in [-0.1, -0.05) is 71.8 Å². The average Bonchev–Trinajstić information content (AvgIpc) is 3.38. The lowest BCUT2D eigenvalue weighted by Crippen LogP contribution is -2.34. The maximum absolute atomic E-state index is 12.2. The zero-order chi connectivity index (χ0) is 22.3. The molecule has 0 aromatic heterocycles. The summed E-state index contributed by atoms with van der Waals surface area (Å²) < 4.78 is 17.1. The predicted molar refractivity (Wildman–Crippen MR) is 121 cm³/mol. The van der Waals surface area contributed by atoms with Crippen LogP contribution in [0.3, 0.4) is 0 Å². The zero-order valence-corrected chi connectivity index (χ0v) is 18.3. The third kappa shape index (κ3) is 5.93. The number of rotatable bonds is 8. The van der Waals surface area contributed by atoms with Crippen LogP contribution in [0.15, 0.2) is 60.7 Å². The van der Waals surface area contributed by atoms with E-state index in [1.165, 1.54) is 17.2 Å². The van der Waals surface area contributed by atoms with Gasteiger partial charge in [0.25, 0.3) is 0 Å². The minimum atomic E-state index is -0.467. The first-order valence-electron chi connectivity index (χ1n) is 10.8. The Hall–Kier alpha value is -2.77. The lowest BCUT2D eigenvalue weighted by Gasteiger charge is -2.16. The van der Waals surface area contributed by atoms with Gasteiger partial charge in [-0.2, -0.15) is 0 Å². The van der Waals surface area contributed by atoms with Crippen LogP contribution in [0.5, 0.6) is 0 Å². The van der Waals surface area contributed by atoms with Crippen LogP contribution in [-0.4, -0.2) is 50.2 Å². The van der Waals surface area contributed by atoms with E-state index in [2.05, 4.69) is 19.1 Å². The van der Waals surface area contributed by atoms with Crippen LogP contribution in [0.25, 0.3) is 12.2 Å². The number of carbonyl (C=O) groups is 1. The molecular formula is C26H28O6. The molecule has 0 N–H and O–H groups in total. The number of fused-ring (bicyclic) bond motifs is 1. The Morgan fingerprint density at radius 2 is 1.44 bits per heavy atom. The van der Waals surface area contributed by atoms with Crippen LogP contribution in [0.4, 0.5) is 0 Å². The van der Waals surface area contributed by atoms with E-state index < -0.39 is 12.1 Å². The summed E-state index contributed by atoms with van der Waals surface area (Å²) in [5, 5.41) is 0. The predicted octanol–water partition coefficient (Wildman–Crippen LogP) is 4.06. The summed E-state index contributed by atoms with van der Waals surface area (Å²) in [5.41, 5.74) is 4.43. The van der Waals surface area contributed by atoms with Gasteiger partial charge in [0, 0.05) is 6.08 Å². The second-order valence-electron chi connectivity index (χ2n) is 8.05. The molecule has 0 saturated carbocycles. The van der Waals surface area contributed by atoms with Crippen molar-refractivity contribution in [1.29, 1.82) is 0 Å². The standard InChI is InChI=1S/C26H28O6/c1-18-5-9-20(10-6-18)4-3-15-30-32-23-17-29-25-22(16-28-26(23)25)31-24(27)14-13-21-11-7-19(2)8-12-21/h3-14,22-23,25-26H,15-17H2,1-2H3/b4-3+,14-13?/t22?,23-,25+,26+/m0/s1. The van der Waals surface area contributed by atoms with Crippen molar-refractivity contribution in [3.63, 3.8) is 0 Å². The number of ether oxygens (including phenoxy) is 3. The molecule has 6 heteroatoms. The first-order chi connectivity index (χ1) is 15.6. The van der Waals surface area contributed by atoms with Crippen LogP contribution in [0.2, 0.25) is 0 Å². The summed E-state index contributed by atoms with van der Waals surface area (Å²) in [6.45, 7) is 4.98. The largest absolute Gasteiger partial charge is 0.454 e. The van der Waals surface area contributed by atoms with E-state index in [1.54, 1.807) is 6.08 Å². The highest BCUT2D eigenvalue weighted by Gasteiger charge is 2.50. The molecular weight excluding hydrogens is 408 g/mol. The number of benzene rings is 2. The fourth-order valence-electron chi connectivity index (χ4n) is 3.67. The van der Waals surface area contributed by atoms with E-state index in [4.69, 9.17) is 24.0 Å². The van der Waals surface area contributed by atoms with Gasteiger partial charge >= 0.3 is 5.97 Å². The van der Waals surface area contributed by atoms with Crippen LogP contribution >= 0.6 is 0 Å². The Bertz CT molecular complexity index is 947. The minimum absolute atomic E-state index is 0.270. The highest BCUT2D eigenvalue weighted by molar-refractivity contribution is 5.87. The normalized spacial score (nSPS) is 24.9. The van der Waals surface area contributed by atoms with Gasteiger partial charge in [0.2, 0.25) is 0 Å². The van der Waals surface area contributed by atoms with Crippen LogP contribution < -0.4 is 0 Å². The molecule has 2 heterocycles. The number of carbonyl (C=O) groups excluding carboxylic acids is 1. The maximum Gasteiger partial charge on any atom is 0.331 e. The number of esters is 1. The molecule has 2 aromatic carbocycles. The average molecular weight is 437 g/mol. The van der Waals surface area contributed by atoms with Gasteiger partial charge in [-0.05, 0) is 31.1 Å². The number of hydrogen-bond donors (Lipinski definition) is 0. The van der Waals surface area contributed by atoms with E-state index in [0.29, 0.717) is 13.2 Å². The van der Waals surface area contributed by atoms with Crippen LogP contribution in [0, 0.1) is 13.8 Å². The molecule has 6 nitrogen and oxygen atoms in total. The van der Waals surface area contributed by atoms with Gasteiger partial charge < -0.3 is 14.2 Å². The van der Waals surface area contributed by atoms with Crippen molar-refractivity contribution in [2.75, 3.05) is 19.8 Å². The van der Waals surface area contributed by atoms with E-state index in [1.807, 2.05) is 55.5 Å². The van der Waals surface area contributed by atoms with Crippen LogP contribution in [-0.2, 0) is 28.8 Å². The van der Waals surface area contributed by atoms with E-state index >= 15 is 0 Å². The van der Waals surface area contributed by atoms with Crippen molar-refractivity contribution in [3.8, 4) is 0 Å². The highest BCUT2D eigenvalue weighted by Crippen LogP contribution is 2.30. The molecule has 32 heavy (non-hydrogen) atoms. The molecule has 168 valence electrons. The van der Waals surface area contributed by atoms with Gasteiger partial charge in [0.05, 0.1) is 13.2 Å². The fraction of sp³-hybridized carbons (Fsp3) is 0.346. The minimum Gasteiger partial charge on any atom is -0.454 e. The third-order valence-electron chi connectivity index (χ3n) is 5.46. The first-order valence-corrected chi connectivity index (χ1v) is 10.8. The first kappa shape index (κ1) is 22.4. The summed E-state index contributed by atoms with van der Waals surface area (Å²) in [6.07, 6.45) is 5.50. The molecule has 2 fully saturated rings.